The zero-order valence-corrected chi connectivity index (χ0v) is 18.6. The van der Waals surface area contributed by atoms with Gasteiger partial charge in [-0.1, -0.05) is 42.5 Å². The lowest BCUT2D eigenvalue weighted by Crippen LogP contribution is -2.34. The number of nitrogens with zero attached hydrogens (tertiary/aromatic N) is 1. The second-order valence-electron chi connectivity index (χ2n) is 7.92. The minimum Gasteiger partial charge on any atom is -0.497 e. The third-order valence-corrected chi connectivity index (χ3v) is 5.59. The van der Waals surface area contributed by atoms with Crippen molar-refractivity contribution in [1.82, 2.24) is 5.06 Å². The average Bonchev–Trinajstić information content (AvgIpc) is 2.83. The van der Waals surface area contributed by atoms with E-state index in [-0.39, 0.29) is 25.4 Å². The van der Waals surface area contributed by atoms with E-state index in [9.17, 15) is 19.1 Å². The van der Waals surface area contributed by atoms with Crippen LogP contribution in [0.5, 0.6) is 5.75 Å². The molecular weight excluding hydrogens is 441 g/mol. The fourth-order valence-corrected chi connectivity index (χ4v) is 4.01. The summed E-state index contributed by atoms with van der Waals surface area (Å²) in [5.41, 5.74) is 4.01. The van der Waals surface area contributed by atoms with Crippen LogP contribution in [-0.2, 0) is 40.4 Å². The molecule has 0 spiro atoms. The lowest BCUT2D eigenvalue weighted by atomic mass is 9.90. The summed E-state index contributed by atoms with van der Waals surface area (Å²) in [6.45, 7) is 0.560. The Morgan fingerprint density at radius 1 is 1.03 bits per heavy atom. The first-order valence-corrected chi connectivity index (χ1v) is 10.8. The van der Waals surface area contributed by atoms with Crippen LogP contribution in [0.25, 0.3) is 11.1 Å². The predicted octanol–water partition coefficient (Wildman–Crippen LogP) is 4.75. The molecule has 0 atom stereocenters. The number of carbonyl (C=O) groups excluding carboxylic acids is 1. The Hall–Kier alpha value is -3.91. The van der Waals surface area contributed by atoms with Gasteiger partial charge in [0.25, 0.3) is 0 Å². The van der Waals surface area contributed by atoms with Gasteiger partial charge in [0.2, 0.25) is 0 Å². The number of fused-ring (bicyclic) bond motifs is 1. The molecule has 0 aromatic heterocycles. The molecule has 0 fully saturated rings. The van der Waals surface area contributed by atoms with Gasteiger partial charge in [-0.2, -0.15) is 0 Å². The summed E-state index contributed by atoms with van der Waals surface area (Å²) < 4.78 is 25.1. The van der Waals surface area contributed by atoms with Crippen molar-refractivity contribution >= 4 is 12.1 Å². The van der Waals surface area contributed by atoms with E-state index in [1.165, 1.54) is 18.2 Å². The monoisotopic (exact) mass is 465 g/mol. The fourth-order valence-electron chi connectivity index (χ4n) is 4.01. The summed E-state index contributed by atoms with van der Waals surface area (Å²) in [5.74, 6) is -0.798. The third kappa shape index (κ3) is 5.52. The van der Waals surface area contributed by atoms with Crippen molar-refractivity contribution in [2.45, 2.75) is 26.0 Å². The predicted molar refractivity (Wildman–Crippen MR) is 122 cm³/mol. The maximum Gasteiger partial charge on any atom is 0.528 e. The molecule has 0 aliphatic carbocycles. The molecule has 1 N–H and O–H groups in total. The van der Waals surface area contributed by atoms with Gasteiger partial charge in [0, 0.05) is 6.54 Å². The van der Waals surface area contributed by atoms with Gasteiger partial charge in [-0.05, 0) is 58.0 Å². The van der Waals surface area contributed by atoms with Crippen LogP contribution in [-0.4, -0.2) is 35.9 Å². The molecule has 1 heterocycles. The van der Waals surface area contributed by atoms with Crippen LogP contribution in [0.3, 0.4) is 0 Å². The van der Waals surface area contributed by atoms with Gasteiger partial charge in [0.15, 0.2) is 0 Å². The van der Waals surface area contributed by atoms with Crippen LogP contribution in [0.2, 0.25) is 0 Å². The van der Waals surface area contributed by atoms with E-state index in [0.717, 1.165) is 5.56 Å². The van der Waals surface area contributed by atoms with E-state index in [4.69, 9.17) is 14.3 Å². The molecule has 1 aliphatic heterocycles. The SMILES string of the molecule is COc1cc(CC(=O)O)cc(-c2ccc(F)c3c2CN(OC(=O)OCc2ccccc2)CC3)c1. The summed E-state index contributed by atoms with van der Waals surface area (Å²) in [6, 6.07) is 17.5. The highest BCUT2D eigenvalue weighted by molar-refractivity contribution is 5.75. The van der Waals surface area contributed by atoms with Crippen molar-refractivity contribution in [2.75, 3.05) is 13.7 Å². The highest BCUT2D eigenvalue weighted by Gasteiger charge is 2.26. The topological polar surface area (TPSA) is 85.3 Å². The molecule has 1 aliphatic rings. The number of hydrogen-bond acceptors (Lipinski definition) is 6. The summed E-state index contributed by atoms with van der Waals surface area (Å²) in [7, 11) is 1.50. The Morgan fingerprint density at radius 2 is 1.82 bits per heavy atom. The number of carboxylic acids is 1. The Labute approximate surface area is 196 Å². The molecule has 3 aromatic carbocycles. The number of hydrogen-bond donors (Lipinski definition) is 1. The number of rotatable bonds is 7. The van der Waals surface area contributed by atoms with Crippen LogP contribution < -0.4 is 4.74 Å². The largest absolute Gasteiger partial charge is 0.528 e. The van der Waals surface area contributed by atoms with E-state index in [1.807, 2.05) is 30.3 Å². The summed E-state index contributed by atoms with van der Waals surface area (Å²) >= 11 is 0. The molecule has 0 radical (unpaired) electrons. The molecule has 0 saturated carbocycles. The Bertz CT molecular complexity index is 1200. The number of aliphatic carboxylic acids is 1. The summed E-state index contributed by atoms with van der Waals surface area (Å²) in [5, 5.41) is 10.6. The molecule has 8 heteroatoms. The van der Waals surface area contributed by atoms with Crippen LogP contribution in [0.15, 0.2) is 60.7 Å². The second-order valence-corrected chi connectivity index (χ2v) is 7.92. The fraction of sp³-hybridized carbons (Fsp3) is 0.231. The molecule has 176 valence electrons. The number of hydroxylamine groups is 2. The molecule has 7 nitrogen and oxygen atoms in total. The van der Waals surface area contributed by atoms with E-state index in [1.54, 1.807) is 24.3 Å². The third-order valence-electron chi connectivity index (χ3n) is 5.59. The Balaban J connectivity index is 1.55. The molecule has 34 heavy (non-hydrogen) atoms. The summed E-state index contributed by atoms with van der Waals surface area (Å²) in [6.07, 6.45) is -0.668. The number of halogens is 1. The van der Waals surface area contributed by atoms with Crippen LogP contribution >= 0.6 is 0 Å². The van der Waals surface area contributed by atoms with E-state index >= 15 is 0 Å². The van der Waals surface area contributed by atoms with Crippen LogP contribution in [0.4, 0.5) is 9.18 Å². The smallest absolute Gasteiger partial charge is 0.497 e. The normalized spacial score (nSPS) is 13.1. The number of carbonyl (C=O) groups is 2. The maximum absolute atomic E-state index is 14.6. The van der Waals surface area contributed by atoms with Crippen molar-refractivity contribution in [1.29, 1.82) is 0 Å². The van der Waals surface area contributed by atoms with Crippen molar-refractivity contribution in [3.63, 3.8) is 0 Å². The van der Waals surface area contributed by atoms with E-state index in [2.05, 4.69) is 0 Å². The van der Waals surface area contributed by atoms with Crippen LogP contribution in [0, 0.1) is 5.82 Å². The maximum atomic E-state index is 14.6. The van der Waals surface area contributed by atoms with Gasteiger partial charge >= 0.3 is 12.1 Å². The Kier molecular flexibility index (Phi) is 7.08. The van der Waals surface area contributed by atoms with Gasteiger partial charge in [-0.3, -0.25) is 4.79 Å². The molecule has 3 aromatic rings. The summed E-state index contributed by atoms with van der Waals surface area (Å²) in [4.78, 5) is 28.8. The molecule has 0 bridgehead atoms. The van der Waals surface area contributed by atoms with Gasteiger partial charge < -0.3 is 19.4 Å². The van der Waals surface area contributed by atoms with Gasteiger partial charge in [-0.25, -0.2) is 9.18 Å². The lowest BCUT2D eigenvalue weighted by Gasteiger charge is -2.29. The van der Waals surface area contributed by atoms with Crippen LogP contribution in [0.1, 0.15) is 22.3 Å². The van der Waals surface area contributed by atoms with Gasteiger partial charge in [0.05, 0.1) is 20.1 Å². The quantitative estimate of drug-likeness (QED) is 0.504. The molecule has 0 unspecified atom stereocenters. The number of benzene rings is 3. The number of carboxylic acid groups (broad SMARTS) is 1. The molecule has 0 saturated heterocycles. The zero-order valence-electron chi connectivity index (χ0n) is 18.6. The van der Waals surface area contributed by atoms with E-state index in [0.29, 0.717) is 46.5 Å². The van der Waals surface area contributed by atoms with Crippen molar-refractivity contribution in [2.24, 2.45) is 0 Å². The highest BCUT2D eigenvalue weighted by atomic mass is 19.1. The highest BCUT2D eigenvalue weighted by Crippen LogP contribution is 2.34. The Morgan fingerprint density at radius 3 is 2.56 bits per heavy atom. The zero-order chi connectivity index (χ0) is 24.1. The standard InChI is InChI=1S/C26H24FNO6/c1-32-20-12-18(13-25(29)30)11-19(14-20)21-7-8-24(27)22-9-10-28(15-23(21)22)34-26(31)33-16-17-5-3-2-4-6-17/h2-8,11-12,14H,9-10,13,15-16H2,1H3,(H,29,30). The molecule has 0 amide bonds. The first kappa shape index (κ1) is 23.3. The van der Waals surface area contributed by atoms with E-state index < -0.39 is 12.1 Å². The average molecular weight is 465 g/mol. The first-order chi connectivity index (χ1) is 16.4. The van der Waals surface area contributed by atoms with Crippen molar-refractivity contribution in [3.05, 3.63) is 88.7 Å². The van der Waals surface area contributed by atoms with Crippen molar-refractivity contribution < 1.29 is 33.4 Å². The number of ether oxygens (including phenoxy) is 2. The second kappa shape index (κ2) is 10.4. The molecule has 4 rings (SSSR count). The first-order valence-electron chi connectivity index (χ1n) is 10.8. The minimum absolute atomic E-state index is 0.0835. The minimum atomic E-state index is -0.964. The lowest BCUT2D eigenvalue weighted by molar-refractivity contribution is -0.139. The van der Waals surface area contributed by atoms with Gasteiger partial charge in [0.1, 0.15) is 18.2 Å². The van der Waals surface area contributed by atoms with Gasteiger partial charge in [-0.15, -0.1) is 5.06 Å². The molecular formula is C26H24FNO6. The number of methoxy groups -OCH3 is 1. The van der Waals surface area contributed by atoms with Crippen molar-refractivity contribution in [3.8, 4) is 16.9 Å².